The Morgan fingerprint density at radius 1 is 1.59 bits per heavy atom. The van der Waals surface area contributed by atoms with Crippen LogP contribution >= 0.6 is 0 Å². The number of carbonyl (C=O) groups is 1. The van der Waals surface area contributed by atoms with Crippen molar-refractivity contribution in [2.24, 2.45) is 0 Å². The Hall–Kier alpha value is -2.79. The highest BCUT2D eigenvalue weighted by molar-refractivity contribution is 5.96. The summed E-state index contributed by atoms with van der Waals surface area (Å²) in [5.41, 5.74) is -0.570. The molecule has 1 amide bonds. The van der Waals surface area contributed by atoms with Gasteiger partial charge in [0.1, 0.15) is 11.8 Å². The van der Waals surface area contributed by atoms with E-state index in [-0.39, 0.29) is 12.2 Å². The molecule has 0 spiro atoms. The molecule has 0 aliphatic heterocycles. The van der Waals surface area contributed by atoms with Crippen molar-refractivity contribution in [3.05, 3.63) is 41.7 Å². The van der Waals surface area contributed by atoms with Crippen LogP contribution in [0.1, 0.15) is 18.2 Å². The highest BCUT2D eigenvalue weighted by Crippen LogP contribution is 2.15. The zero-order valence-electron chi connectivity index (χ0n) is 12.0. The minimum absolute atomic E-state index is 0.203. The lowest BCUT2D eigenvalue weighted by Crippen LogP contribution is -2.43. The Bertz CT molecular complexity index is 748. The van der Waals surface area contributed by atoms with Gasteiger partial charge in [0.25, 0.3) is 5.91 Å². The molecule has 0 bridgehead atoms. The Balaban J connectivity index is 2.10. The fourth-order valence-electron chi connectivity index (χ4n) is 1.84. The Morgan fingerprint density at radius 2 is 2.32 bits per heavy atom. The Morgan fingerprint density at radius 3 is 2.86 bits per heavy atom. The number of aryl methyl sites for hydroxylation is 1. The zero-order valence-corrected chi connectivity index (χ0v) is 12.0. The van der Waals surface area contributed by atoms with Crippen LogP contribution in [0.2, 0.25) is 0 Å². The zero-order chi connectivity index (χ0) is 16.3. The predicted octanol–water partition coefficient (Wildman–Crippen LogP) is 0.987. The molecule has 1 atom stereocenters. The summed E-state index contributed by atoms with van der Waals surface area (Å²) in [6.45, 7) is 2.78. The lowest BCUT2D eigenvalue weighted by molar-refractivity contribution is -0.133. The first-order valence-electron chi connectivity index (χ1n) is 6.40. The summed E-state index contributed by atoms with van der Waals surface area (Å²) >= 11 is 0. The van der Waals surface area contributed by atoms with Gasteiger partial charge in [0.15, 0.2) is 11.4 Å². The van der Waals surface area contributed by atoms with Gasteiger partial charge < -0.3 is 10.4 Å². The van der Waals surface area contributed by atoms with Gasteiger partial charge in [0.2, 0.25) is 0 Å². The van der Waals surface area contributed by atoms with Crippen molar-refractivity contribution in [3.63, 3.8) is 0 Å². The predicted molar refractivity (Wildman–Crippen MR) is 75.1 cm³/mol. The van der Waals surface area contributed by atoms with Gasteiger partial charge in [-0.2, -0.15) is 10.4 Å². The third kappa shape index (κ3) is 3.45. The molecule has 2 N–H and O–H groups in total. The van der Waals surface area contributed by atoms with E-state index in [4.69, 9.17) is 5.26 Å². The first-order valence-corrected chi connectivity index (χ1v) is 6.40. The first-order chi connectivity index (χ1) is 10.3. The van der Waals surface area contributed by atoms with E-state index in [1.165, 1.54) is 13.1 Å². The van der Waals surface area contributed by atoms with Gasteiger partial charge >= 0.3 is 0 Å². The van der Waals surface area contributed by atoms with Crippen molar-refractivity contribution < 1.29 is 14.3 Å². The van der Waals surface area contributed by atoms with E-state index in [0.717, 1.165) is 17.1 Å². The van der Waals surface area contributed by atoms with Crippen molar-refractivity contribution in [1.82, 2.24) is 14.8 Å². The molecule has 2 rings (SSSR count). The fourth-order valence-corrected chi connectivity index (χ4v) is 1.84. The number of anilines is 1. The van der Waals surface area contributed by atoms with Crippen molar-refractivity contribution in [2.45, 2.75) is 26.0 Å². The average Bonchev–Trinajstić information content (AvgIpc) is 2.83. The highest BCUT2D eigenvalue weighted by Gasteiger charge is 2.31. The van der Waals surface area contributed by atoms with E-state index < -0.39 is 17.3 Å². The highest BCUT2D eigenvalue weighted by atomic mass is 19.1. The third-order valence-electron chi connectivity index (χ3n) is 3.00. The monoisotopic (exact) mass is 303 g/mol. The summed E-state index contributed by atoms with van der Waals surface area (Å²) in [7, 11) is 0. The van der Waals surface area contributed by atoms with E-state index in [9.17, 15) is 14.3 Å². The molecule has 0 aromatic carbocycles. The van der Waals surface area contributed by atoms with Crippen molar-refractivity contribution >= 4 is 11.6 Å². The molecule has 7 nitrogen and oxygen atoms in total. The van der Waals surface area contributed by atoms with Gasteiger partial charge in [-0.1, -0.05) is 0 Å². The number of nitriles is 1. The largest absolute Gasteiger partial charge is 0.378 e. The molecular formula is C14H14FN5O2. The number of aromatic nitrogens is 3. The summed E-state index contributed by atoms with van der Waals surface area (Å²) in [5.74, 6) is -1.24. The number of amides is 1. The number of hydrogen-bond acceptors (Lipinski definition) is 5. The molecule has 114 valence electrons. The Kier molecular flexibility index (Phi) is 4.19. The molecule has 2 heterocycles. The van der Waals surface area contributed by atoms with Crippen molar-refractivity contribution in [1.29, 1.82) is 5.26 Å². The van der Waals surface area contributed by atoms with Gasteiger partial charge in [-0.3, -0.25) is 9.48 Å². The number of nitrogens with zero attached hydrogens (tertiary/aromatic N) is 4. The van der Waals surface area contributed by atoms with Crippen LogP contribution < -0.4 is 5.32 Å². The molecule has 0 fully saturated rings. The summed E-state index contributed by atoms with van der Waals surface area (Å²) in [6, 6.07) is 3.50. The van der Waals surface area contributed by atoms with Gasteiger partial charge in [-0.25, -0.2) is 9.37 Å². The molecule has 8 heteroatoms. The standard InChI is InChI=1S/C14H14FN5O2/c1-9-3-11(6-17-12(9)4-16)19-13(21)14(2,22)8-20-7-10(15)5-18-20/h3,5-7,22H,8H2,1-2H3,(H,19,21). The summed E-state index contributed by atoms with van der Waals surface area (Å²) in [4.78, 5) is 16.0. The molecule has 0 saturated carbocycles. The first kappa shape index (κ1) is 15.6. The molecule has 0 radical (unpaired) electrons. The van der Waals surface area contributed by atoms with Crippen LogP contribution in [0.4, 0.5) is 10.1 Å². The SMILES string of the molecule is Cc1cc(NC(=O)C(C)(O)Cn2cc(F)cn2)cnc1C#N. The molecule has 0 aliphatic carbocycles. The summed E-state index contributed by atoms with van der Waals surface area (Å²) in [6.07, 6.45) is 3.39. The second-order valence-corrected chi connectivity index (χ2v) is 5.09. The van der Waals surface area contributed by atoms with Gasteiger partial charge in [0.05, 0.1) is 30.8 Å². The number of hydrogen-bond donors (Lipinski definition) is 2. The van der Waals surface area contributed by atoms with E-state index in [0.29, 0.717) is 11.3 Å². The normalized spacial score (nSPS) is 13.2. The molecule has 2 aromatic rings. The number of carbonyl (C=O) groups excluding carboxylic acids is 1. The average molecular weight is 303 g/mol. The lowest BCUT2D eigenvalue weighted by atomic mass is 10.1. The van der Waals surface area contributed by atoms with Crippen LogP contribution in [0.15, 0.2) is 24.7 Å². The number of rotatable bonds is 4. The van der Waals surface area contributed by atoms with E-state index in [1.807, 2.05) is 6.07 Å². The number of halogens is 1. The summed E-state index contributed by atoms with van der Waals surface area (Å²) < 4.78 is 14.0. The second-order valence-electron chi connectivity index (χ2n) is 5.09. The molecule has 0 aliphatic rings. The number of pyridine rings is 1. The van der Waals surface area contributed by atoms with Gasteiger partial charge in [0, 0.05) is 0 Å². The fraction of sp³-hybridized carbons (Fsp3) is 0.286. The van der Waals surface area contributed by atoms with Crippen LogP contribution in [0.25, 0.3) is 0 Å². The minimum Gasteiger partial charge on any atom is -0.378 e. The molecule has 22 heavy (non-hydrogen) atoms. The molecule has 0 saturated heterocycles. The maximum atomic E-state index is 12.9. The maximum Gasteiger partial charge on any atom is 0.258 e. The second kappa shape index (κ2) is 5.91. The molecular weight excluding hydrogens is 289 g/mol. The van der Waals surface area contributed by atoms with Crippen LogP contribution in [-0.4, -0.2) is 31.4 Å². The quantitative estimate of drug-likeness (QED) is 0.876. The number of aliphatic hydroxyl groups is 1. The number of nitrogens with one attached hydrogen (secondary N) is 1. The van der Waals surface area contributed by atoms with Crippen LogP contribution in [0, 0.1) is 24.1 Å². The molecule has 2 aromatic heterocycles. The van der Waals surface area contributed by atoms with Gasteiger partial charge in [-0.15, -0.1) is 0 Å². The van der Waals surface area contributed by atoms with Crippen LogP contribution in [0.5, 0.6) is 0 Å². The van der Waals surface area contributed by atoms with Gasteiger partial charge in [-0.05, 0) is 25.5 Å². The smallest absolute Gasteiger partial charge is 0.258 e. The van der Waals surface area contributed by atoms with E-state index in [1.54, 1.807) is 13.0 Å². The lowest BCUT2D eigenvalue weighted by Gasteiger charge is -2.22. The topological polar surface area (TPSA) is 104 Å². The minimum atomic E-state index is -1.79. The third-order valence-corrected chi connectivity index (χ3v) is 3.00. The Labute approximate surface area is 126 Å². The van der Waals surface area contributed by atoms with Crippen molar-refractivity contribution in [2.75, 3.05) is 5.32 Å². The van der Waals surface area contributed by atoms with E-state index >= 15 is 0 Å². The van der Waals surface area contributed by atoms with Crippen molar-refractivity contribution in [3.8, 4) is 6.07 Å². The molecule has 1 unspecified atom stereocenters. The van der Waals surface area contributed by atoms with Crippen LogP contribution in [0.3, 0.4) is 0 Å². The van der Waals surface area contributed by atoms with E-state index in [2.05, 4.69) is 15.4 Å². The van der Waals surface area contributed by atoms with Crippen LogP contribution in [-0.2, 0) is 11.3 Å². The summed E-state index contributed by atoms with van der Waals surface area (Å²) in [5, 5.41) is 25.2. The maximum absolute atomic E-state index is 12.9.